The van der Waals surface area contributed by atoms with Gasteiger partial charge < -0.3 is 15.4 Å². The van der Waals surface area contributed by atoms with E-state index in [0.717, 1.165) is 4.57 Å². The van der Waals surface area contributed by atoms with Crippen LogP contribution in [0.25, 0.3) is 10.9 Å². The van der Waals surface area contributed by atoms with Crippen LogP contribution in [0.3, 0.4) is 0 Å². The summed E-state index contributed by atoms with van der Waals surface area (Å²) in [7, 11) is 0. The SMILES string of the molecule is O=c1[nH]cc(Cl)cc1Cn1c(=O)nc(Nc2cc3cn(CCCO)nc3cc2Cl)n(Cc2cc(F)c(F)c(F)c2)c1=O. The van der Waals surface area contributed by atoms with Crippen LogP contribution in [0.15, 0.2) is 57.1 Å². The molecule has 0 spiro atoms. The van der Waals surface area contributed by atoms with E-state index in [9.17, 15) is 27.6 Å². The van der Waals surface area contributed by atoms with Crippen LogP contribution in [0.2, 0.25) is 10.0 Å². The molecular formula is C26H20Cl2F3N7O4. The fraction of sp³-hybridized carbons (Fsp3) is 0.192. The number of benzene rings is 2. The highest BCUT2D eigenvalue weighted by Gasteiger charge is 2.19. The lowest BCUT2D eigenvalue weighted by atomic mass is 10.2. The van der Waals surface area contributed by atoms with Gasteiger partial charge in [-0.05, 0) is 42.3 Å². The Morgan fingerprint density at radius 1 is 0.976 bits per heavy atom. The third-order valence-electron chi connectivity index (χ3n) is 6.24. The Kier molecular flexibility index (Phi) is 8.20. The minimum absolute atomic E-state index is 0.0218. The minimum atomic E-state index is -1.69. The maximum Gasteiger partial charge on any atom is 0.355 e. The summed E-state index contributed by atoms with van der Waals surface area (Å²) in [5.41, 5.74) is -2.10. The van der Waals surface area contributed by atoms with Gasteiger partial charge in [0, 0.05) is 36.5 Å². The molecule has 0 bridgehead atoms. The second-order valence-corrected chi connectivity index (χ2v) is 10.0. The van der Waals surface area contributed by atoms with E-state index in [1.807, 2.05) is 0 Å². The standard InChI is InChI=1S/C26H20Cl2F3N7O4/c27-16-6-15(23(40)32-9-16)12-38-25(41)34-24(37(26(38)42)10-13-4-18(29)22(31)19(30)5-13)33-21-7-14-11-36(2-1-3-39)35-20(14)8-17(21)28/h4-9,11,39H,1-3,10,12H2,(H,32,40)(H,33,34,41). The molecule has 0 aliphatic rings. The fourth-order valence-electron chi connectivity index (χ4n) is 4.23. The van der Waals surface area contributed by atoms with Gasteiger partial charge in [-0.1, -0.05) is 23.2 Å². The van der Waals surface area contributed by atoms with Crippen molar-refractivity contribution in [2.45, 2.75) is 26.1 Å². The molecule has 0 aliphatic heterocycles. The van der Waals surface area contributed by atoms with Crippen LogP contribution in [0.4, 0.5) is 24.8 Å². The van der Waals surface area contributed by atoms with Crippen molar-refractivity contribution in [1.29, 1.82) is 0 Å². The first-order chi connectivity index (χ1) is 20.0. The minimum Gasteiger partial charge on any atom is -0.396 e. The Balaban J connectivity index is 1.62. The number of aliphatic hydroxyl groups excluding tert-OH is 1. The van der Waals surface area contributed by atoms with Crippen LogP contribution < -0.4 is 22.3 Å². The van der Waals surface area contributed by atoms with E-state index >= 15 is 0 Å². The summed E-state index contributed by atoms with van der Waals surface area (Å²) in [5, 5.41) is 17.2. The second-order valence-electron chi connectivity index (χ2n) is 9.20. The summed E-state index contributed by atoms with van der Waals surface area (Å²) in [6.07, 6.45) is 3.41. The Hall–Kier alpha value is -4.40. The lowest BCUT2D eigenvalue weighted by Gasteiger charge is -2.16. The number of halogens is 5. The first-order valence-electron chi connectivity index (χ1n) is 12.3. The predicted octanol–water partition coefficient (Wildman–Crippen LogP) is 3.39. The predicted molar refractivity (Wildman–Crippen MR) is 149 cm³/mol. The van der Waals surface area contributed by atoms with E-state index in [1.165, 1.54) is 18.3 Å². The molecule has 3 aromatic heterocycles. The quantitative estimate of drug-likeness (QED) is 0.214. The van der Waals surface area contributed by atoms with E-state index in [0.29, 0.717) is 40.6 Å². The van der Waals surface area contributed by atoms with Crippen LogP contribution in [0.1, 0.15) is 17.5 Å². The van der Waals surface area contributed by atoms with Crippen molar-refractivity contribution in [3.8, 4) is 0 Å². The van der Waals surface area contributed by atoms with E-state index < -0.39 is 47.5 Å². The number of rotatable bonds is 9. The zero-order chi connectivity index (χ0) is 30.1. The molecule has 16 heteroatoms. The van der Waals surface area contributed by atoms with Crippen LogP contribution >= 0.6 is 23.2 Å². The van der Waals surface area contributed by atoms with Crippen LogP contribution in [0, 0.1) is 17.5 Å². The Morgan fingerprint density at radius 2 is 1.71 bits per heavy atom. The number of nitrogens with zero attached hydrogens (tertiary/aromatic N) is 5. The molecule has 0 saturated carbocycles. The van der Waals surface area contributed by atoms with Gasteiger partial charge in [0.2, 0.25) is 5.95 Å². The lowest BCUT2D eigenvalue weighted by molar-refractivity contribution is 0.277. The summed E-state index contributed by atoms with van der Waals surface area (Å²) in [5.74, 6) is -5.00. The van der Waals surface area contributed by atoms with E-state index in [1.54, 1.807) is 16.9 Å². The molecule has 3 N–H and O–H groups in total. The van der Waals surface area contributed by atoms with Gasteiger partial charge >= 0.3 is 11.4 Å². The van der Waals surface area contributed by atoms with Crippen molar-refractivity contribution in [3.63, 3.8) is 0 Å². The summed E-state index contributed by atoms with van der Waals surface area (Å²) in [4.78, 5) is 45.2. The number of anilines is 2. The van der Waals surface area contributed by atoms with Crippen molar-refractivity contribution in [1.82, 2.24) is 28.9 Å². The number of pyridine rings is 1. The van der Waals surface area contributed by atoms with Gasteiger partial charge in [0.25, 0.3) is 5.56 Å². The second kappa shape index (κ2) is 11.8. The monoisotopic (exact) mass is 621 g/mol. The van der Waals surface area contributed by atoms with Crippen molar-refractivity contribution in [2.75, 3.05) is 11.9 Å². The molecule has 11 nitrogen and oxygen atoms in total. The topological polar surface area (TPSA) is 140 Å². The van der Waals surface area contributed by atoms with Crippen LogP contribution in [-0.2, 0) is 19.6 Å². The van der Waals surface area contributed by atoms with Crippen molar-refractivity contribution in [3.05, 3.63) is 113 Å². The van der Waals surface area contributed by atoms with Crippen molar-refractivity contribution >= 4 is 45.7 Å². The van der Waals surface area contributed by atoms with Gasteiger partial charge in [-0.15, -0.1) is 0 Å². The average molecular weight is 622 g/mol. The highest BCUT2D eigenvalue weighted by atomic mass is 35.5. The van der Waals surface area contributed by atoms with Gasteiger partial charge in [0.05, 0.1) is 34.3 Å². The maximum absolute atomic E-state index is 14.0. The highest BCUT2D eigenvalue weighted by Crippen LogP contribution is 2.29. The molecule has 5 rings (SSSR count). The molecular weight excluding hydrogens is 602 g/mol. The zero-order valence-corrected chi connectivity index (χ0v) is 22.9. The molecule has 3 heterocycles. The number of hydrogen-bond donors (Lipinski definition) is 3. The summed E-state index contributed by atoms with van der Waals surface area (Å²) in [6, 6.07) is 5.79. The van der Waals surface area contributed by atoms with E-state index in [-0.39, 0.29) is 39.4 Å². The van der Waals surface area contributed by atoms with Gasteiger partial charge in [-0.25, -0.2) is 27.3 Å². The summed E-state index contributed by atoms with van der Waals surface area (Å²) >= 11 is 12.4. The third kappa shape index (κ3) is 5.95. The lowest BCUT2D eigenvalue weighted by Crippen LogP contribution is -2.43. The normalized spacial score (nSPS) is 11.4. The number of aromatic nitrogens is 6. The van der Waals surface area contributed by atoms with E-state index in [4.69, 9.17) is 28.3 Å². The van der Waals surface area contributed by atoms with Crippen LogP contribution in [0.5, 0.6) is 0 Å². The molecule has 218 valence electrons. The van der Waals surface area contributed by atoms with Gasteiger partial charge in [0.15, 0.2) is 17.5 Å². The average Bonchev–Trinajstić information content (AvgIpc) is 3.33. The molecule has 0 amide bonds. The Bertz CT molecular complexity index is 1980. The first-order valence-corrected chi connectivity index (χ1v) is 13.1. The van der Waals surface area contributed by atoms with Gasteiger partial charge in [-0.3, -0.25) is 14.0 Å². The number of aromatic amines is 1. The summed E-state index contributed by atoms with van der Waals surface area (Å²) < 4.78 is 44.8. The van der Waals surface area contributed by atoms with Crippen molar-refractivity contribution < 1.29 is 18.3 Å². The molecule has 0 saturated heterocycles. The first kappa shape index (κ1) is 29.1. The van der Waals surface area contributed by atoms with E-state index in [2.05, 4.69) is 20.4 Å². The van der Waals surface area contributed by atoms with Crippen LogP contribution in [-0.4, -0.2) is 40.6 Å². The highest BCUT2D eigenvalue weighted by molar-refractivity contribution is 6.34. The molecule has 0 unspecified atom stereocenters. The number of hydrogen-bond acceptors (Lipinski definition) is 7. The fourth-order valence-corrected chi connectivity index (χ4v) is 4.63. The zero-order valence-electron chi connectivity index (χ0n) is 21.4. The van der Waals surface area contributed by atoms with Crippen molar-refractivity contribution in [2.24, 2.45) is 0 Å². The molecule has 0 fully saturated rings. The smallest absolute Gasteiger partial charge is 0.355 e. The maximum atomic E-state index is 14.0. The molecule has 0 aliphatic carbocycles. The molecule has 42 heavy (non-hydrogen) atoms. The summed E-state index contributed by atoms with van der Waals surface area (Å²) in [6.45, 7) is -0.642. The molecule has 0 atom stereocenters. The number of aryl methyl sites for hydroxylation is 1. The molecule has 5 aromatic rings. The molecule has 0 radical (unpaired) electrons. The largest absolute Gasteiger partial charge is 0.396 e. The Labute approximate surface area is 243 Å². The number of aliphatic hydroxyl groups is 1. The number of fused-ring (bicyclic) bond motifs is 1. The third-order valence-corrected chi connectivity index (χ3v) is 6.77. The Morgan fingerprint density at radius 3 is 2.43 bits per heavy atom. The van der Waals surface area contributed by atoms with Gasteiger partial charge in [-0.2, -0.15) is 10.1 Å². The number of H-pyrrole nitrogens is 1. The number of nitrogens with one attached hydrogen (secondary N) is 2. The molecule has 2 aromatic carbocycles. The van der Waals surface area contributed by atoms with Gasteiger partial charge in [0.1, 0.15) is 0 Å².